The average Bonchev–Trinajstić information content (AvgIpc) is 3.02. The molecule has 1 saturated carbocycles. The molecule has 2 heterocycles. The number of hydrogen-bond donors (Lipinski definition) is 3. The van der Waals surface area contributed by atoms with E-state index in [1.165, 1.54) is 23.3 Å². The van der Waals surface area contributed by atoms with Crippen LogP contribution in [0.4, 0.5) is 10.2 Å². The van der Waals surface area contributed by atoms with Gasteiger partial charge in [0.2, 0.25) is 0 Å². The molecule has 9 heteroatoms. The predicted octanol–water partition coefficient (Wildman–Crippen LogP) is 1.59. The quantitative estimate of drug-likeness (QED) is 0.635. The van der Waals surface area contributed by atoms with Crippen LogP contribution in [0.1, 0.15) is 12.8 Å². The third-order valence-electron chi connectivity index (χ3n) is 4.63. The maximum Gasteiger partial charge on any atom is 0.306 e. The Morgan fingerprint density at radius 2 is 2.12 bits per heavy atom. The van der Waals surface area contributed by atoms with Crippen LogP contribution in [-0.4, -0.2) is 48.1 Å². The van der Waals surface area contributed by atoms with Crippen molar-refractivity contribution < 1.29 is 19.4 Å². The maximum absolute atomic E-state index is 14.0. The molecule has 1 aliphatic carbocycles. The Kier molecular flexibility index (Phi) is 3.80. The molecule has 134 valence electrons. The monoisotopic (exact) mass is 357 g/mol. The lowest BCUT2D eigenvalue weighted by atomic mass is 9.71. The highest BCUT2D eigenvalue weighted by atomic mass is 19.1. The minimum atomic E-state index is -1.08. The van der Waals surface area contributed by atoms with Crippen molar-refractivity contribution in [2.75, 3.05) is 11.9 Å². The minimum Gasteiger partial charge on any atom is -0.481 e. The van der Waals surface area contributed by atoms with Crippen molar-refractivity contribution in [1.82, 2.24) is 19.7 Å². The average molecular weight is 357 g/mol. The summed E-state index contributed by atoms with van der Waals surface area (Å²) >= 11 is 0. The van der Waals surface area contributed by atoms with Crippen LogP contribution < -0.4 is 5.32 Å². The summed E-state index contributed by atoms with van der Waals surface area (Å²) < 4.78 is 15.4. The number of carboxylic acids is 1. The molecule has 0 amide bonds. The number of aliphatic hydroxyl groups is 1. The zero-order chi connectivity index (χ0) is 18.3. The number of halogens is 1. The topological polar surface area (TPSA) is 113 Å². The summed E-state index contributed by atoms with van der Waals surface area (Å²) in [6, 6.07) is 6.24. The Morgan fingerprint density at radius 1 is 1.35 bits per heavy atom. The number of para-hydroxylation sites is 1. The predicted molar refractivity (Wildman–Crippen MR) is 90.4 cm³/mol. The maximum atomic E-state index is 14.0. The number of rotatable bonds is 5. The van der Waals surface area contributed by atoms with Crippen molar-refractivity contribution >= 4 is 22.8 Å². The number of carboxylic acid groups (broad SMARTS) is 1. The van der Waals surface area contributed by atoms with Crippen LogP contribution in [0.25, 0.3) is 16.7 Å². The van der Waals surface area contributed by atoms with E-state index in [0.717, 1.165) is 0 Å². The van der Waals surface area contributed by atoms with E-state index in [1.807, 2.05) is 0 Å². The summed E-state index contributed by atoms with van der Waals surface area (Å²) in [4.78, 5) is 19.2. The van der Waals surface area contributed by atoms with Gasteiger partial charge < -0.3 is 15.5 Å². The number of fused-ring (bicyclic) bond motifs is 1. The van der Waals surface area contributed by atoms with Crippen molar-refractivity contribution in [3.8, 4) is 5.69 Å². The second-order valence-corrected chi connectivity index (χ2v) is 6.49. The van der Waals surface area contributed by atoms with Gasteiger partial charge in [0, 0.05) is 6.54 Å². The molecule has 0 radical (unpaired) electrons. The molecule has 1 fully saturated rings. The minimum absolute atomic E-state index is 0.160. The molecule has 0 spiro atoms. The van der Waals surface area contributed by atoms with Gasteiger partial charge in [-0.05, 0) is 25.0 Å². The van der Waals surface area contributed by atoms with Crippen LogP contribution in [-0.2, 0) is 4.79 Å². The molecule has 0 unspecified atom stereocenters. The highest BCUT2D eigenvalue weighted by Gasteiger charge is 2.46. The zero-order valence-electron chi connectivity index (χ0n) is 13.6. The molecule has 26 heavy (non-hydrogen) atoms. The Morgan fingerprint density at radius 3 is 2.85 bits per heavy atom. The second kappa shape index (κ2) is 6.03. The van der Waals surface area contributed by atoms with Gasteiger partial charge >= 0.3 is 5.97 Å². The molecule has 4 rings (SSSR count). The SMILES string of the molecule is O=C(O)C1CC(O)(CNc2ncnc3c2cnn3-c2ccccc2F)C1. The lowest BCUT2D eigenvalue weighted by molar-refractivity contribution is -0.156. The van der Waals surface area contributed by atoms with Gasteiger partial charge in [-0.25, -0.2) is 19.0 Å². The highest BCUT2D eigenvalue weighted by molar-refractivity contribution is 5.87. The van der Waals surface area contributed by atoms with Crippen LogP contribution in [0.3, 0.4) is 0 Å². The van der Waals surface area contributed by atoms with Crippen LogP contribution in [0.2, 0.25) is 0 Å². The number of aromatic nitrogens is 4. The molecular formula is C17H16FN5O3. The fraction of sp³-hybridized carbons (Fsp3) is 0.294. The first-order chi connectivity index (χ1) is 12.5. The fourth-order valence-electron chi connectivity index (χ4n) is 3.21. The van der Waals surface area contributed by atoms with E-state index >= 15 is 0 Å². The lowest BCUT2D eigenvalue weighted by Gasteiger charge is -2.41. The first kappa shape index (κ1) is 16.4. The summed E-state index contributed by atoms with van der Waals surface area (Å²) in [6.07, 6.45) is 3.24. The van der Waals surface area contributed by atoms with Gasteiger partial charge in [-0.15, -0.1) is 0 Å². The van der Waals surface area contributed by atoms with Crippen molar-refractivity contribution in [2.45, 2.75) is 18.4 Å². The van der Waals surface area contributed by atoms with Crippen LogP contribution in [0.15, 0.2) is 36.8 Å². The number of benzene rings is 1. The molecule has 8 nitrogen and oxygen atoms in total. The van der Waals surface area contributed by atoms with Crippen molar-refractivity contribution in [3.05, 3.63) is 42.6 Å². The van der Waals surface area contributed by atoms with Crippen molar-refractivity contribution in [2.24, 2.45) is 5.92 Å². The number of anilines is 1. The van der Waals surface area contributed by atoms with E-state index in [-0.39, 0.29) is 25.1 Å². The molecule has 2 aromatic heterocycles. The Balaban J connectivity index is 1.58. The van der Waals surface area contributed by atoms with E-state index in [4.69, 9.17) is 5.11 Å². The largest absolute Gasteiger partial charge is 0.481 e. The molecule has 0 aliphatic heterocycles. The van der Waals surface area contributed by atoms with Crippen LogP contribution in [0, 0.1) is 11.7 Å². The fourth-order valence-corrected chi connectivity index (χ4v) is 3.21. The molecule has 1 aromatic carbocycles. The first-order valence-electron chi connectivity index (χ1n) is 8.09. The third kappa shape index (κ3) is 2.76. The van der Waals surface area contributed by atoms with Crippen LogP contribution in [0.5, 0.6) is 0 Å². The molecule has 3 aromatic rings. The van der Waals surface area contributed by atoms with Gasteiger partial charge in [-0.2, -0.15) is 5.10 Å². The number of aliphatic carboxylic acids is 1. The number of carbonyl (C=O) groups is 1. The Labute approximate surface area is 147 Å². The van der Waals surface area contributed by atoms with Gasteiger partial charge in [0.15, 0.2) is 5.65 Å². The van der Waals surface area contributed by atoms with Gasteiger partial charge in [0.05, 0.1) is 23.1 Å². The number of nitrogens with one attached hydrogen (secondary N) is 1. The number of nitrogens with zero attached hydrogens (tertiary/aromatic N) is 4. The zero-order valence-corrected chi connectivity index (χ0v) is 13.6. The summed E-state index contributed by atoms with van der Waals surface area (Å²) in [7, 11) is 0. The van der Waals surface area contributed by atoms with Crippen molar-refractivity contribution in [1.29, 1.82) is 0 Å². The van der Waals surface area contributed by atoms with Crippen LogP contribution >= 0.6 is 0 Å². The Bertz CT molecular complexity index is 983. The lowest BCUT2D eigenvalue weighted by Crippen LogP contribution is -2.51. The standard InChI is InChI=1S/C17H16FN5O3/c18-12-3-1-2-4-13(12)23-15-11(7-22-23)14(20-9-21-15)19-8-17(26)5-10(6-17)16(24)25/h1-4,7,9-10,26H,5-6,8H2,(H,24,25)(H,19,20,21). The van der Waals surface area contributed by atoms with Gasteiger partial charge in [-0.1, -0.05) is 12.1 Å². The summed E-state index contributed by atoms with van der Waals surface area (Å²) in [5.74, 6) is -1.39. The molecular weight excluding hydrogens is 341 g/mol. The first-order valence-corrected chi connectivity index (χ1v) is 8.09. The Hall–Kier alpha value is -3.07. The molecule has 0 atom stereocenters. The second-order valence-electron chi connectivity index (χ2n) is 6.49. The molecule has 0 saturated heterocycles. The van der Waals surface area contributed by atoms with Gasteiger partial charge in [-0.3, -0.25) is 4.79 Å². The van der Waals surface area contributed by atoms with E-state index in [0.29, 0.717) is 16.9 Å². The summed E-state index contributed by atoms with van der Waals surface area (Å²) in [5.41, 5.74) is -0.382. The van der Waals surface area contributed by atoms with E-state index in [9.17, 15) is 14.3 Å². The summed E-state index contributed by atoms with van der Waals surface area (Å²) in [6.45, 7) is 0.160. The molecule has 3 N–H and O–H groups in total. The van der Waals surface area contributed by atoms with E-state index in [1.54, 1.807) is 18.2 Å². The normalized spacial score (nSPS) is 22.2. The van der Waals surface area contributed by atoms with E-state index < -0.39 is 23.3 Å². The molecule has 0 bridgehead atoms. The summed E-state index contributed by atoms with van der Waals surface area (Å²) in [5, 5.41) is 27.1. The number of hydrogen-bond acceptors (Lipinski definition) is 6. The molecule has 1 aliphatic rings. The van der Waals surface area contributed by atoms with Gasteiger partial charge in [0.25, 0.3) is 0 Å². The van der Waals surface area contributed by atoms with Gasteiger partial charge in [0.1, 0.15) is 23.6 Å². The third-order valence-corrected chi connectivity index (χ3v) is 4.63. The highest BCUT2D eigenvalue weighted by Crippen LogP contribution is 2.38. The smallest absolute Gasteiger partial charge is 0.306 e. The van der Waals surface area contributed by atoms with Crippen molar-refractivity contribution in [3.63, 3.8) is 0 Å². The van der Waals surface area contributed by atoms with E-state index in [2.05, 4.69) is 20.4 Å².